The molecule has 3 nitrogen and oxygen atoms in total. The van der Waals surface area contributed by atoms with Gasteiger partial charge in [-0.25, -0.2) is 4.39 Å². The van der Waals surface area contributed by atoms with Crippen molar-refractivity contribution in [3.05, 3.63) is 35.6 Å². The van der Waals surface area contributed by atoms with Gasteiger partial charge in [-0.2, -0.15) is 0 Å². The number of rotatable bonds is 3. The molecule has 1 heterocycles. The van der Waals surface area contributed by atoms with Crippen LogP contribution < -0.4 is 5.73 Å². The van der Waals surface area contributed by atoms with Crippen LogP contribution in [0.4, 0.5) is 4.39 Å². The lowest BCUT2D eigenvalue weighted by atomic mass is 9.99. The lowest BCUT2D eigenvalue weighted by molar-refractivity contribution is -0.133. The molecule has 2 rings (SSSR count). The van der Waals surface area contributed by atoms with Crippen molar-refractivity contribution in [2.45, 2.75) is 25.8 Å². The molecule has 4 heteroatoms. The Morgan fingerprint density at radius 1 is 1.56 bits per heavy atom. The van der Waals surface area contributed by atoms with Gasteiger partial charge in [0.2, 0.25) is 5.91 Å². The van der Waals surface area contributed by atoms with Crippen LogP contribution in [-0.2, 0) is 11.2 Å². The summed E-state index contributed by atoms with van der Waals surface area (Å²) in [5, 5.41) is 0. The summed E-state index contributed by atoms with van der Waals surface area (Å²) < 4.78 is 13.5. The third kappa shape index (κ3) is 2.88. The predicted octanol–water partition coefficient (Wildman–Crippen LogP) is 1.56. The van der Waals surface area contributed by atoms with Crippen LogP contribution >= 0.6 is 0 Å². The Bertz CT molecular complexity index is 436. The van der Waals surface area contributed by atoms with Crippen molar-refractivity contribution in [2.24, 2.45) is 11.7 Å². The SMILES string of the molecule is C[C@H](Cc1ccccc1F)C(=O)N1CC[C@H](N)C1. The fourth-order valence-electron chi connectivity index (χ4n) is 2.38. The van der Waals surface area contributed by atoms with Gasteiger partial charge in [-0.05, 0) is 24.5 Å². The van der Waals surface area contributed by atoms with E-state index in [1.54, 1.807) is 23.1 Å². The van der Waals surface area contributed by atoms with Crippen LogP contribution in [-0.4, -0.2) is 29.9 Å². The molecule has 0 bridgehead atoms. The van der Waals surface area contributed by atoms with E-state index in [2.05, 4.69) is 0 Å². The van der Waals surface area contributed by atoms with E-state index < -0.39 is 0 Å². The van der Waals surface area contributed by atoms with Crippen molar-refractivity contribution >= 4 is 5.91 Å². The Morgan fingerprint density at radius 2 is 2.28 bits per heavy atom. The smallest absolute Gasteiger partial charge is 0.225 e. The van der Waals surface area contributed by atoms with Gasteiger partial charge < -0.3 is 10.6 Å². The van der Waals surface area contributed by atoms with Gasteiger partial charge >= 0.3 is 0 Å². The highest BCUT2D eigenvalue weighted by Crippen LogP contribution is 2.17. The minimum Gasteiger partial charge on any atom is -0.341 e. The van der Waals surface area contributed by atoms with Crippen LogP contribution in [0.1, 0.15) is 18.9 Å². The zero-order valence-corrected chi connectivity index (χ0v) is 10.6. The molecule has 1 aliphatic rings. The molecule has 1 saturated heterocycles. The van der Waals surface area contributed by atoms with Gasteiger partial charge in [0.25, 0.3) is 0 Å². The highest BCUT2D eigenvalue weighted by molar-refractivity contribution is 5.79. The number of nitrogens with two attached hydrogens (primary N) is 1. The molecule has 0 saturated carbocycles. The van der Waals surface area contributed by atoms with Crippen LogP contribution in [0.25, 0.3) is 0 Å². The van der Waals surface area contributed by atoms with Crippen molar-refractivity contribution in [2.75, 3.05) is 13.1 Å². The van der Waals surface area contributed by atoms with E-state index in [1.807, 2.05) is 6.92 Å². The van der Waals surface area contributed by atoms with Crippen molar-refractivity contribution in [3.8, 4) is 0 Å². The first-order valence-electron chi connectivity index (χ1n) is 6.35. The van der Waals surface area contributed by atoms with Crippen LogP contribution in [0.5, 0.6) is 0 Å². The van der Waals surface area contributed by atoms with E-state index >= 15 is 0 Å². The van der Waals surface area contributed by atoms with Gasteiger partial charge in [-0.15, -0.1) is 0 Å². The van der Waals surface area contributed by atoms with Gasteiger partial charge in [-0.3, -0.25) is 4.79 Å². The number of amides is 1. The highest BCUT2D eigenvalue weighted by Gasteiger charge is 2.27. The quantitative estimate of drug-likeness (QED) is 0.885. The second-order valence-electron chi connectivity index (χ2n) is 5.03. The largest absolute Gasteiger partial charge is 0.341 e. The summed E-state index contributed by atoms with van der Waals surface area (Å²) in [6.45, 7) is 3.20. The normalized spacial score (nSPS) is 21.1. The highest BCUT2D eigenvalue weighted by atomic mass is 19.1. The Kier molecular flexibility index (Phi) is 3.97. The Hall–Kier alpha value is -1.42. The number of nitrogens with zero attached hydrogens (tertiary/aromatic N) is 1. The maximum absolute atomic E-state index is 13.5. The van der Waals surface area contributed by atoms with Gasteiger partial charge in [0, 0.05) is 25.0 Å². The van der Waals surface area contributed by atoms with E-state index in [-0.39, 0.29) is 23.7 Å². The zero-order valence-electron chi connectivity index (χ0n) is 10.6. The van der Waals surface area contributed by atoms with Crippen molar-refractivity contribution < 1.29 is 9.18 Å². The van der Waals surface area contributed by atoms with Crippen molar-refractivity contribution in [1.82, 2.24) is 4.90 Å². The number of hydrogen-bond acceptors (Lipinski definition) is 2. The van der Waals surface area contributed by atoms with E-state index in [0.29, 0.717) is 18.5 Å². The maximum atomic E-state index is 13.5. The number of benzene rings is 1. The minimum absolute atomic E-state index is 0.0752. The zero-order chi connectivity index (χ0) is 13.1. The fourth-order valence-corrected chi connectivity index (χ4v) is 2.38. The monoisotopic (exact) mass is 250 g/mol. The topological polar surface area (TPSA) is 46.3 Å². The lowest BCUT2D eigenvalue weighted by Crippen LogP contribution is -2.36. The number of carbonyl (C=O) groups is 1. The van der Waals surface area contributed by atoms with Crippen molar-refractivity contribution in [1.29, 1.82) is 0 Å². The Morgan fingerprint density at radius 3 is 2.89 bits per heavy atom. The number of hydrogen-bond donors (Lipinski definition) is 1. The summed E-state index contributed by atoms with van der Waals surface area (Å²) >= 11 is 0. The molecular weight excluding hydrogens is 231 g/mol. The summed E-state index contributed by atoms with van der Waals surface area (Å²) in [7, 11) is 0. The van der Waals surface area contributed by atoms with Crippen LogP contribution in [0.3, 0.4) is 0 Å². The Labute approximate surface area is 107 Å². The van der Waals surface area contributed by atoms with Gasteiger partial charge in [0.05, 0.1) is 0 Å². The summed E-state index contributed by atoms with van der Waals surface area (Å²) in [6.07, 6.45) is 1.30. The second kappa shape index (κ2) is 5.48. The predicted molar refractivity (Wildman–Crippen MR) is 68.4 cm³/mol. The first-order valence-corrected chi connectivity index (χ1v) is 6.35. The minimum atomic E-state index is -0.240. The molecule has 2 N–H and O–H groups in total. The van der Waals surface area contributed by atoms with E-state index in [9.17, 15) is 9.18 Å². The summed E-state index contributed by atoms with van der Waals surface area (Å²) in [5.74, 6) is -0.367. The molecule has 0 radical (unpaired) electrons. The number of halogens is 1. The second-order valence-corrected chi connectivity index (χ2v) is 5.03. The molecule has 0 unspecified atom stereocenters. The van der Waals surface area contributed by atoms with E-state index in [1.165, 1.54) is 6.07 Å². The van der Waals surface area contributed by atoms with Crippen LogP contribution in [0.15, 0.2) is 24.3 Å². The molecule has 0 aromatic heterocycles. The summed E-state index contributed by atoms with van der Waals surface area (Å²) in [5.41, 5.74) is 6.38. The molecule has 2 atom stereocenters. The third-order valence-electron chi connectivity index (χ3n) is 3.44. The lowest BCUT2D eigenvalue weighted by Gasteiger charge is -2.20. The molecule has 18 heavy (non-hydrogen) atoms. The van der Waals surface area contributed by atoms with E-state index in [0.717, 1.165) is 13.0 Å². The van der Waals surface area contributed by atoms with E-state index in [4.69, 9.17) is 5.73 Å². The van der Waals surface area contributed by atoms with Crippen LogP contribution in [0, 0.1) is 11.7 Å². The molecule has 1 aromatic carbocycles. The summed E-state index contributed by atoms with van der Waals surface area (Å²) in [6, 6.07) is 6.70. The molecule has 98 valence electrons. The van der Waals surface area contributed by atoms with Crippen LogP contribution in [0.2, 0.25) is 0 Å². The van der Waals surface area contributed by atoms with Gasteiger partial charge in [-0.1, -0.05) is 25.1 Å². The molecule has 1 aliphatic heterocycles. The molecule has 0 spiro atoms. The maximum Gasteiger partial charge on any atom is 0.225 e. The number of likely N-dealkylation sites (tertiary alicyclic amines) is 1. The molecule has 1 amide bonds. The molecular formula is C14H19FN2O. The Balaban J connectivity index is 1.98. The third-order valence-corrected chi connectivity index (χ3v) is 3.44. The van der Waals surface area contributed by atoms with Gasteiger partial charge in [0.1, 0.15) is 5.82 Å². The molecule has 0 aliphatic carbocycles. The first kappa shape index (κ1) is 13.0. The average molecular weight is 250 g/mol. The average Bonchev–Trinajstić information content (AvgIpc) is 2.78. The van der Waals surface area contributed by atoms with Crippen molar-refractivity contribution in [3.63, 3.8) is 0 Å². The summed E-state index contributed by atoms with van der Waals surface area (Å²) in [4.78, 5) is 13.9. The molecule has 1 aromatic rings. The molecule has 1 fully saturated rings. The standard InChI is InChI=1S/C14H19FN2O/c1-10(8-11-4-2-3-5-13(11)15)14(18)17-7-6-12(16)9-17/h2-5,10,12H,6-9,16H2,1H3/t10-,12+/m1/s1. The first-order chi connectivity index (χ1) is 8.58. The van der Waals surface area contributed by atoms with Gasteiger partial charge in [0.15, 0.2) is 0 Å². The number of carbonyl (C=O) groups excluding carboxylic acids is 1. The fraction of sp³-hybridized carbons (Fsp3) is 0.500.